The van der Waals surface area contributed by atoms with Crippen LogP contribution < -0.4 is 3.71 Å². The first-order valence-electron chi connectivity index (χ1n) is 3.97. The van der Waals surface area contributed by atoms with Gasteiger partial charge in [-0.25, -0.2) is 0 Å². The van der Waals surface area contributed by atoms with Gasteiger partial charge in [0.2, 0.25) is 0 Å². The summed E-state index contributed by atoms with van der Waals surface area (Å²) in [6.07, 6.45) is 2.96. The van der Waals surface area contributed by atoms with Crippen LogP contribution in [0.2, 0.25) is 14.8 Å². The third kappa shape index (κ3) is 2.65. The number of aromatic nitrogens is 2. The maximum atomic E-state index is 10.6. The molecule has 0 amide bonds. The first-order valence-corrected chi connectivity index (χ1v) is 14.0. The first kappa shape index (κ1) is 10.4. The number of rotatable bonds is 2. The van der Waals surface area contributed by atoms with Crippen molar-refractivity contribution in [3.05, 3.63) is 18.1 Å². The van der Waals surface area contributed by atoms with Crippen molar-refractivity contribution in [2.24, 2.45) is 0 Å². The van der Waals surface area contributed by atoms with E-state index in [0.717, 1.165) is 3.71 Å². The normalized spacial score (nSPS) is 11.3. The summed E-state index contributed by atoms with van der Waals surface area (Å²) in [5.41, 5.74) is 0.0455. The summed E-state index contributed by atoms with van der Waals surface area (Å²) in [7, 11) is 0. The van der Waals surface area contributed by atoms with E-state index in [0.29, 0.717) is 0 Å². The van der Waals surface area contributed by atoms with Crippen molar-refractivity contribution >= 4 is 28.1 Å². The van der Waals surface area contributed by atoms with Gasteiger partial charge in [0.15, 0.2) is 0 Å². The molecule has 0 aliphatic heterocycles. The number of aromatic carboxylic acids is 1. The van der Waals surface area contributed by atoms with Crippen LogP contribution in [0.1, 0.15) is 10.5 Å². The molecule has 0 aliphatic rings. The van der Waals surface area contributed by atoms with Gasteiger partial charge in [0.25, 0.3) is 0 Å². The number of carbonyl (C=O) groups is 1. The number of carboxylic acid groups (broad SMARTS) is 1. The zero-order valence-corrected chi connectivity index (χ0v) is 10.8. The average molecular weight is 287 g/mol. The average Bonchev–Trinajstić information content (AvgIpc) is 2.03. The predicted octanol–water partition coefficient (Wildman–Crippen LogP) is 0.720. The molecule has 0 aromatic carbocycles. The van der Waals surface area contributed by atoms with Crippen molar-refractivity contribution in [3.8, 4) is 0 Å². The van der Waals surface area contributed by atoms with Crippen molar-refractivity contribution in [3.63, 3.8) is 0 Å². The zero-order chi connectivity index (χ0) is 10.1. The molecule has 0 spiro atoms. The molecule has 4 nitrogen and oxygen atoms in total. The predicted molar refractivity (Wildman–Crippen MR) is 52.0 cm³/mol. The third-order valence-corrected chi connectivity index (χ3v) is 6.70. The van der Waals surface area contributed by atoms with E-state index < -0.39 is 24.3 Å². The summed E-state index contributed by atoms with van der Waals surface area (Å²) in [6, 6.07) is 0. The Morgan fingerprint density at radius 1 is 1.38 bits per heavy atom. The van der Waals surface area contributed by atoms with Gasteiger partial charge < -0.3 is 0 Å². The number of nitrogens with zero attached hydrogens (tertiary/aromatic N) is 2. The van der Waals surface area contributed by atoms with Gasteiger partial charge >= 0.3 is 80.8 Å². The Hall–Kier alpha value is -0.651. The molecular weight excluding hydrogens is 275 g/mol. The summed E-state index contributed by atoms with van der Waals surface area (Å²) < 4.78 is 0.897. The molecule has 0 atom stereocenters. The summed E-state index contributed by atoms with van der Waals surface area (Å²) >= 11 is -2.25. The Balaban J connectivity index is 3.13. The minimum absolute atomic E-state index is 0.0455. The molecule has 1 heterocycles. The summed E-state index contributed by atoms with van der Waals surface area (Å²) in [5, 5.41) is 8.70. The molecule has 1 aromatic heterocycles. The van der Waals surface area contributed by atoms with Gasteiger partial charge in [0.05, 0.1) is 0 Å². The van der Waals surface area contributed by atoms with Gasteiger partial charge in [0.1, 0.15) is 0 Å². The van der Waals surface area contributed by atoms with Crippen LogP contribution in [0.15, 0.2) is 12.4 Å². The molecule has 1 aromatic rings. The van der Waals surface area contributed by atoms with Gasteiger partial charge in [-0.1, -0.05) is 0 Å². The molecule has 0 fully saturated rings. The summed E-state index contributed by atoms with van der Waals surface area (Å²) in [4.78, 5) is 25.1. The van der Waals surface area contributed by atoms with E-state index in [4.69, 9.17) is 5.11 Å². The van der Waals surface area contributed by atoms with E-state index in [-0.39, 0.29) is 5.69 Å². The maximum absolute atomic E-state index is 10.6. The van der Waals surface area contributed by atoms with E-state index in [1.807, 2.05) is 0 Å². The molecule has 0 unspecified atom stereocenters. The van der Waals surface area contributed by atoms with E-state index >= 15 is 0 Å². The van der Waals surface area contributed by atoms with E-state index in [2.05, 4.69) is 24.8 Å². The molecule has 0 bridgehead atoms. The molecule has 5 heteroatoms. The first-order chi connectivity index (χ1) is 5.91. The summed E-state index contributed by atoms with van der Waals surface area (Å²) in [5.74, 6) is -1.01. The fraction of sp³-hybridized carbons (Fsp3) is 0.375. The van der Waals surface area contributed by atoms with E-state index in [9.17, 15) is 4.79 Å². The van der Waals surface area contributed by atoms with Crippen LogP contribution in [-0.4, -0.2) is 39.4 Å². The quantitative estimate of drug-likeness (QED) is 0.814. The van der Waals surface area contributed by atoms with Gasteiger partial charge in [-0.2, -0.15) is 0 Å². The van der Waals surface area contributed by atoms with Crippen LogP contribution >= 0.6 is 0 Å². The van der Waals surface area contributed by atoms with Gasteiger partial charge in [-0.3, -0.25) is 0 Å². The molecule has 0 aliphatic carbocycles. The standard InChI is InChI=1S/C5H3N2O2.3CH3.Sn/c8-5(9)4-3-6-1-2-7-4;;;;/h1,3H,(H,8,9);3*1H3;. The third-order valence-electron chi connectivity index (χ3n) is 1.62. The van der Waals surface area contributed by atoms with Crippen LogP contribution in [-0.2, 0) is 0 Å². The van der Waals surface area contributed by atoms with Gasteiger partial charge in [0, 0.05) is 0 Å². The topological polar surface area (TPSA) is 63.1 Å². The zero-order valence-electron chi connectivity index (χ0n) is 7.90. The van der Waals surface area contributed by atoms with Gasteiger partial charge in [-0.15, -0.1) is 0 Å². The SMILES string of the molecule is [CH3][Sn]([CH3])([CH3])[c]1cncc(C(=O)O)n1. The fourth-order valence-electron chi connectivity index (χ4n) is 0.830. The second-order valence-electron chi connectivity index (χ2n) is 3.84. The van der Waals surface area contributed by atoms with Gasteiger partial charge in [-0.05, 0) is 0 Å². The molecule has 1 N–H and O–H groups in total. The molecule has 70 valence electrons. The number of hydrogen-bond donors (Lipinski definition) is 1. The van der Waals surface area contributed by atoms with Crippen molar-refractivity contribution < 1.29 is 9.90 Å². The van der Waals surface area contributed by atoms with Crippen LogP contribution in [0.3, 0.4) is 0 Å². The Labute approximate surface area is 80.9 Å². The second-order valence-corrected chi connectivity index (χ2v) is 18.2. The van der Waals surface area contributed by atoms with Crippen LogP contribution in [0.25, 0.3) is 0 Å². The Morgan fingerprint density at radius 2 is 2.00 bits per heavy atom. The van der Waals surface area contributed by atoms with E-state index in [1.54, 1.807) is 6.20 Å². The molecule has 1 rings (SSSR count). The monoisotopic (exact) mass is 288 g/mol. The number of carboxylic acids is 1. The van der Waals surface area contributed by atoms with Crippen molar-refractivity contribution in [2.75, 3.05) is 0 Å². The van der Waals surface area contributed by atoms with Crippen LogP contribution in [0, 0.1) is 0 Å². The van der Waals surface area contributed by atoms with Crippen molar-refractivity contribution in [2.45, 2.75) is 14.8 Å². The van der Waals surface area contributed by atoms with Crippen molar-refractivity contribution in [1.82, 2.24) is 9.97 Å². The minimum atomic E-state index is -2.25. The number of hydrogen-bond acceptors (Lipinski definition) is 3. The molecule has 13 heavy (non-hydrogen) atoms. The van der Waals surface area contributed by atoms with E-state index in [1.165, 1.54) is 6.20 Å². The summed E-state index contributed by atoms with van der Waals surface area (Å²) in [6.45, 7) is 0. The van der Waals surface area contributed by atoms with Crippen molar-refractivity contribution in [1.29, 1.82) is 0 Å². The molecule has 0 saturated heterocycles. The fourth-order valence-corrected chi connectivity index (χ4v) is 3.45. The Bertz CT molecular complexity index is 333. The molecule has 0 saturated carbocycles. The van der Waals surface area contributed by atoms with Crippen LogP contribution in [0.4, 0.5) is 0 Å². The van der Waals surface area contributed by atoms with Crippen LogP contribution in [0.5, 0.6) is 0 Å². The Morgan fingerprint density at radius 3 is 2.46 bits per heavy atom. The Kier molecular flexibility index (Phi) is 2.90. The molecule has 0 radical (unpaired) electrons. The molecular formula is C8H12N2O2Sn. The second kappa shape index (κ2) is 3.61.